The Morgan fingerprint density at radius 2 is 2.07 bits per heavy atom. The fourth-order valence-corrected chi connectivity index (χ4v) is 4.06. The molecule has 0 fully saturated rings. The summed E-state index contributed by atoms with van der Waals surface area (Å²) < 4.78 is 30.8. The Labute approximate surface area is 168 Å². The number of anilines is 1. The lowest BCUT2D eigenvalue weighted by atomic mass is 10.2. The van der Waals surface area contributed by atoms with E-state index in [9.17, 15) is 28.1 Å². The molecule has 28 heavy (non-hydrogen) atoms. The van der Waals surface area contributed by atoms with Crippen LogP contribution in [0.15, 0.2) is 39.9 Å². The van der Waals surface area contributed by atoms with E-state index < -0.39 is 39.5 Å². The van der Waals surface area contributed by atoms with Crippen molar-refractivity contribution in [1.29, 1.82) is 0 Å². The van der Waals surface area contributed by atoms with Gasteiger partial charge in [0.1, 0.15) is 10.8 Å². The van der Waals surface area contributed by atoms with E-state index in [0.717, 1.165) is 17.4 Å². The molecule has 1 amide bonds. The highest BCUT2D eigenvalue weighted by Crippen LogP contribution is 2.26. The van der Waals surface area contributed by atoms with E-state index in [0.29, 0.717) is 0 Å². The smallest absolute Gasteiger partial charge is 0.321 e. The van der Waals surface area contributed by atoms with Gasteiger partial charge in [0.15, 0.2) is 6.10 Å². The van der Waals surface area contributed by atoms with E-state index in [2.05, 4.69) is 10.0 Å². The highest BCUT2D eigenvalue weighted by Gasteiger charge is 2.22. The number of nitro benzene ring substituents is 1. The third-order valence-electron chi connectivity index (χ3n) is 3.26. The SMILES string of the molecule is CC(OC(=O)CNS(=O)(=O)c1cccs1)C(=O)Nc1cc([N+](=O)[O-])ccc1Cl. The molecule has 2 rings (SSSR count). The second-order valence-electron chi connectivity index (χ2n) is 5.30. The number of thiophene rings is 1. The van der Waals surface area contributed by atoms with Gasteiger partial charge in [0.2, 0.25) is 0 Å². The number of non-ortho nitro benzene ring substituents is 1. The number of carbonyl (C=O) groups is 2. The number of hydrogen-bond acceptors (Lipinski definition) is 8. The zero-order valence-electron chi connectivity index (χ0n) is 14.2. The minimum Gasteiger partial charge on any atom is -0.452 e. The molecule has 1 aromatic heterocycles. The Bertz CT molecular complexity index is 993. The Kier molecular flexibility index (Phi) is 7.07. The number of nitrogens with one attached hydrogen (secondary N) is 2. The molecule has 0 saturated carbocycles. The molecule has 0 spiro atoms. The van der Waals surface area contributed by atoms with Crippen LogP contribution in [0.1, 0.15) is 6.92 Å². The summed E-state index contributed by atoms with van der Waals surface area (Å²) in [7, 11) is -3.85. The van der Waals surface area contributed by atoms with E-state index in [4.69, 9.17) is 16.3 Å². The molecule has 0 bridgehead atoms. The number of halogens is 1. The number of ether oxygens (including phenoxy) is 1. The van der Waals surface area contributed by atoms with Crippen LogP contribution in [0.25, 0.3) is 0 Å². The minimum atomic E-state index is -3.85. The fraction of sp³-hybridized carbons (Fsp3) is 0.200. The molecule has 150 valence electrons. The van der Waals surface area contributed by atoms with Gasteiger partial charge in [-0.05, 0) is 24.4 Å². The van der Waals surface area contributed by atoms with Crippen molar-refractivity contribution < 1.29 is 27.7 Å². The van der Waals surface area contributed by atoms with Crippen molar-refractivity contribution in [3.8, 4) is 0 Å². The van der Waals surface area contributed by atoms with E-state index in [1.54, 1.807) is 11.4 Å². The number of hydrogen-bond donors (Lipinski definition) is 2. The van der Waals surface area contributed by atoms with Gasteiger partial charge in [0, 0.05) is 12.1 Å². The van der Waals surface area contributed by atoms with Gasteiger partial charge < -0.3 is 10.1 Å². The van der Waals surface area contributed by atoms with Crippen molar-refractivity contribution >= 4 is 56.2 Å². The lowest BCUT2D eigenvalue weighted by molar-refractivity contribution is -0.384. The first-order chi connectivity index (χ1) is 13.1. The fourth-order valence-electron chi connectivity index (χ4n) is 1.89. The van der Waals surface area contributed by atoms with Crippen LogP contribution in [0.3, 0.4) is 0 Å². The maximum Gasteiger partial charge on any atom is 0.321 e. The second kappa shape index (κ2) is 9.10. The molecule has 2 aromatic rings. The van der Waals surface area contributed by atoms with E-state index in [-0.39, 0.29) is 20.6 Å². The molecule has 0 aliphatic carbocycles. The van der Waals surface area contributed by atoms with Crippen LogP contribution in [0.2, 0.25) is 5.02 Å². The molecular formula is C15H14ClN3O7S2. The third-order valence-corrected chi connectivity index (χ3v) is 6.39. The normalized spacial score (nSPS) is 12.2. The van der Waals surface area contributed by atoms with Crippen LogP contribution in [-0.4, -0.2) is 37.9 Å². The molecule has 13 heteroatoms. The number of sulfonamides is 1. The van der Waals surface area contributed by atoms with Gasteiger partial charge in [0.05, 0.1) is 15.6 Å². The Morgan fingerprint density at radius 3 is 2.68 bits per heavy atom. The molecule has 2 N–H and O–H groups in total. The topological polar surface area (TPSA) is 145 Å². The number of esters is 1. The maximum atomic E-state index is 12.1. The first-order valence-electron chi connectivity index (χ1n) is 7.57. The second-order valence-corrected chi connectivity index (χ2v) is 8.65. The highest BCUT2D eigenvalue weighted by molar-refractivity contribution is 7.91. The number of amides is 1. The highest BCUT2D eigenvalue weighted by atomic mass is 35.5. The van der Waals surface area contributed by atoms with Gasteiger partial charge in [-0.2, -0.15) is 4.72 Å². The number of nitro groups is 1. The van der Waals surface area contributed by atoms with Crippen LogP contribution in [0.5, 0.6) is 0 Å². The maximum absolute atomic E-state index is 12.1. The lowest BCUT2D eigenvalue weighted by Gasteiger charge is -2.14. The van der Waals surface area contributed by atoms with Gasteiger partial charge in [0.25, 0.3) is 21.6 Å². The third kappa shape index (κ3) is 5.73. The first-order valence-corrected chi connectivity index (χ1v) is 10.3. The summed E-state index contributed by atoms with van der Waals surface area (Å²) in [5.74, 6) is -1.77. The molecular weight excluding hydrogens is 434 g/mol. The largest absolute Gasteiger partial charge is 0.452 e. The molecule has 1 unspecified atom stereocenters. The van der Waals surface area contributed by atoms with Crippen LogP contribution in [0, 0.1) is 10.1 Å². The van der Waals surface area contributed by atoms with Crippen LogP contribution >= 0.6 is 22.9 Å². The predicted octanol–water partition coefficient (Wildman–Crippen LogP) is 2.16. The molecule has 0 aliphatic heterocycles. The van der Waals surface area contributed by atoms with Crippen LogP contribution in [-0.2, 0) is 24.3 Å². The Morgan fingerprint density at radius 1 is 1.36 bits per heavy atom. The van der Waals surface area contributed by atoms with E-state index in [1.165, 1.54) is 25.1 Å². The zero-order chi connectivity index (χ0) is 20.9. The van der Waals surface area contributed by atoms with Gasteiger partial charge in [-0.1, -0.05) is 17.7 Å². The zero-order valence-corrected chi connectivity index (χ0v) is 16.6. The summed E-state index contributed by atoms with van der Waals surface area (Å²) in [6.45, 7) is 0.585. The number of benzene rings is 1. The van der Waals surface area contributed by atoms with Gasteiger partial charge in [-0.25, -0.2) is 8.42 Å². The molecule has 0 aliphatic rings. The first kappa shape index (κ1) is 21.8. The van der Waals surface area contributed by atoms with Crippen molar-refractivity contribution in [2.75, 3.05) is 11.9 Å². The molecule has 0 saturated heterocycles. The van der Waals surface area contributed by atoms with Crippen LogP contribution < -0.4 is 10.0 Å². The van der Waals surface area contributed by atoms with Crippen molar-refractivity contribution in [1.82, 2.24) is 4.72 Å². The summed E-state index contributed by atoms with van der Waals surface area (Å²) in [5.41, 5.74) is -0.311. The van der Waals surface area contributed by atoms with E-state index >= 15 is 0 Å². The monoisotopic (exact) mass is 447 g/mol. The number of rotatable bonds is 8. The van der Waals surface area contributed by atoms with E-state index in [1.807, 2.05) is 0 Å². The van der Waals surface area contributed by atoms with Crippen LogP contribution in [0.4, 0.5) is 11.4 Å². The van der Waals surface area contributed by atoms with Crippen molar-refractivity contribution in [3.05, 3.63) is 50.8 Å². The predicted molar refractivity (Wildman–Crippen MR) is 102 cm³/mol. The standard InChI is InChI=1S/C15H14ClN3O7S2/c1-9(15(21)18-12-7-10(19(22)23)4-5-11(12)16)26-13(20)8-17-28(24,25)14-3-2-6-27-14/h2-7,9,17H,8H2,1H3,(H,18,21). The molecule has 1 aromatic carbocycles. The Balaban J connectivity index is 1.92. The van der Waals surface area contributed by atoms with Gasteiger partial charge >= 0.3 is 5.97 Å². The van der Waals surface area contributed by atoms with Crippen molar-refractivity contribution in [2.24, 2.45) is 0 Å². The number of nitrogens with zero attached hydrogens (tertiary/aromatic N) is 1. The quantitative estimate of drug-likeness (QED) is 0.358. The average molecular weight is 448 g/mol. The molecule has 1 heterocycles. The molecule has 0 radical (unpaired) electrons. The number of carbonyl (C=O) groups excluding carboxylic acids is 2. The summed E-state index contributed by atoms with van der Waals surface area (Å²) >= 11 is 6.86. The summed E-state index contributed by atoms with van der Waals surface area (Å²) in [6, 6.07) is 6.39. The van der Waals surface area contributed by atoms with Gasteiger partial charge in [-0.15, -0.1) is 11.3 Å². The summed E-state index contributed by atoms with van der Waals surface area (Å²) in [4.78, 5) is 34.0. The van der Waals surface area contributed by atoms with Gasteiger partial charge in [-0.3, -0.25) is 19.7 Å². The summed E-state index contributed by atoms with van der Waals surface area (Å²) in [6.07, 6.45) is -1.30. The lowest BCUT2D eigenvalue weighted by Crippen LogP contribution is -2.35. The minimum absolute atomic E-state index is 0.0258. The Hall–Kier alpha value is -2.54. The van der Waals surface area contributed by atoms with Crippen molar-refractivity contribution in [3.63, 3.8) is 0 Å². The summed E-state index contributed by atoms with van der Waals surface area (Å²) in [5, 5.41) is 14.7. The average Bonchev–Trinajstić information content (AvgIpc) is 3.17. The molecule has 10 nitrogen and oxygen atoms in total. The van der Waals surface area contributed by atoms with Crippen molar-refractivity contribution in [2.45, 2.75) is 17.2 Å². The molecule has 1 atom stereocenters.